The number of aromatic nitrogens is 6. The highest BCUT2D eigenvalue weighted by atomic mass is 19.4. The molecule has 0 saturated carbocycles. The molecule has 3 aromatic heterocycles. The predicted octanol–water partition coefficient (Wildman–Crippen LogP) is 3.95. The largest absolute Gasteiger partial charge is 0.451 e. The van der Waals surface area contributed by atoms with Crippen LogP contribution in [-0.4, -0.2) is 61.2 Å². The van der Waals surface area contributed by atoms with E-state index >= 15 is 0 Å². The lowest BCUT2D eigenvalue weighted by atomic mass is 9.69. The summed E-state index contributed by atoms with van der Waals surface area (Å²) >= 11 is 0. The fourth-order valence-corrected chi connectivity index (χ4v) is 5.73. The average molecular weight is 524 g/mol. The standard InChI is InChI=1S/C23H25F5N8O/c1-13(2)19-22(9-18(37)36(19)16-3-6-29-21(33-16)23(26,27)28)4-7-34(8-5-22)17-11-30-14-10-31-35(12-15(24)25)20(14)32-17/h3,6,10-11,13,15,19H,4-5,7-9,12H2,1-2H3. The van der Waals surface area contributed by atoms with Crippen LogP contribution in [0.25, 0.3) is 11.2 Å². The third kappa shape index (κ3) is 4.57. The second-order valence-electron chi connectivity index (χ2n) is 9.87. The molecular weight excluding hydrogens is 499 g/mol. The van der Waals surface area contributed by atoms with Gasteiger partial charge in [0.05, 0.1) is 12.4 Å². The SMILES string of the molecule is CC(C)C1N(c2ccnc(C(F)(F)F)n2)C(=O)CC12CCN(c1cnc3cnn(CC(F)F)c3n1)CC2. The van der Waals surface area contributed by atoms with Crippen molar-refractivity contribution in [1.29, 1.82) is 0 Å². The highest BCUT2D eigenvalue weighted by molar-refractivity contribution is 5.96. The third-order valence-electron chi connectivity index (χ3n) is 7.18. The maximum Gasteiger partial charge on any atom is 0.451 e. The first-order valence-corrected chi connectivity index (χ1v) is 11.9. The van der Waals surface area contributed by atoms with Crippen LogP contribution >= 0.6 is 0 Å². The molecule has 2 aliphatic heterocycles. The second-order valence-corrected chi connectivity index (χ2v) is 9.87. The number of hydrogen-bond acceptors (Lipinski definition) is 7. The number of anilines is 2. The first-order valence-electron chi connectivity index (χ1n) is 11.9. The Bertz CT molecular complexity index is 1300. The van der Waals surface area contributed by atoms with E-state index in [-0.39, 0.29) is 35.8 Å². The van der Waals surface area contributed by atoms with E-state index in [2.05, 4.69) is 25.0 Å². The molecule has 3 aromatic rings. The van der Waals surface area contributed by atoms with Gasteiger partial charge in [0, 0.05) is 37.2 Å². The maximum atomic E-state index is 13.2. The van der Waals surface area contributed by atoms with Gasteiger partial charge >= 0.3 is 6.18 Å². The van der Waals surface area contributed by atoms with Gasteiger partial charge in [-0.25, -0.2) is 33.4 Å². The topological polar surface area (TPSA) is 92.9 Å². The van der Waals surface area contributed by atoms with E-state index in [0.717, 1.165) is 10.9 Å². The number of halogens is 5. The van der Waals surface area contributed by atoms with Crippen LogP contribution in [0.3, 0.4) is 0 Å². The average Bonchev–Trinajstić information content (AvgIpc) is 3.36. The molecule has 1 atom stereocenters. The molecule has 14 heteroatoms. The lowest BCUT2D eigenvalue weighted by Gasteiger charge is -2.45. The number of carbonyl (C=O) groups excluding carboxylic acids is 1. The summed E-state index contributed by atoms with van der Waals surface area (Å²) in [6.45, 7) is 4.34. The van der Waals surface area contributed by atoms with Gasteiger partial charge in [0.25, 0.3) is 6.43 Å². The van der Waals surface area contributed by atoms with Crippen molar-refractivity contribution < 1.29 is 26.7 Å². The van der Waals surface area contributed by atoms with E-state index in [0.29, 0.717) is 37.3 Å². The molecule has 198 valence electrons. The van der Waals surface area contributed by atoms with Crippen molar-refractivity contribution in [3.8, 4) is 0 Å². The number of piperidine rings is 1. The Kier molecular flexibility index (Phi) is 6.23. The van der Waals surface area contributed by atoms with E-state index in [1.54, 1.807) is 6.20 Å². The van der Waals surface area contributed by atoms with Crippen molar-refractivity contribution in [3.05, 3.63) is 30.5 Å². The monoisotopic (exact) mass is 524 g/mol. The fourth-order valence-electron chi connectivity index (χ4n) is 5.73. The molecular formula is C23H25F5N8O. The Labute approximate surface area is 208 Å². The van der Waals surface area contributed by atoms with Gasteiger partial charge in [-0.05, 0) is 24.8 Å². The maximum absolute atomic E-state index is 13.2. The zero-order chi connectivity index (χ0) is 26.5. The molecule has 1 amide bonds. The molecule has 0 bridgehead atoms. The zero-order valence-electron chi connectivity index (χ0n) is 20.2. The molecule has 1 spiro atoms. The number of alkyl halides is 5. The Balaban J connectivity index is 1.39. The predicted molar refractivity (Wildman–Crippen MR) is 123 cm³/mol. The first kappa shape index (κ1) is 25.2. The Morgan fingerprint density at radius 3 is 2.46 bits per heavy atom. The van der Waals surface area contributed by atoms with E-state index in [9.17, 15) is 26.7 Å². The van der Waals surface area contributed by atoms with E-state index < -0.39 is 30.4 Å². The Hall–Kier alpha value is -3.45. The first-order chi connectivity index (χ1) is 17.5. The normalized spacial score (nSPS) is 20.2. The summed E-state index contributed by atoms with van der Waals surface area (Å²) in [7, 11) is 0. The summed E-state index contributed by atoms with van der Waals surface area (Å²) < 4.78 is 66.6. The highest BCUT2D eigenvalue weighted by Gasteiger charge is 2.54. The third-order valence-corrected chi connectivity index (χ3v) is 7.18. The Morgan fingerprint density at radius 2 is 1.81 bits per heavy atom. The van der Waals surface area contributed by atoms with Crippen LogP contribution in [0.2, 0.25) is 0 Å². The van der Waals surface area contributed by atoms with Gasteiger partial charge in [-0.15, -0.1) is 0 Å². The van der Waals surface area contributed by atoms with Crippen molar-refractivity contribution in [1.82, 2.24) is 29.7 Å². The summed E-state index contributed by atoms with van der Waals surface area (Å²) in [5.74, 6) is -1.12. The van der Waals surface area contributed by atoms with Crippen LogP contribution in [0.1, 0.15) is 38.9 Å². The van der Waals surface area contributed by atoms with Gasteiger partial charge in [0.1, 0.15) is 23.7 Å². The second kappa shape index (κ2) is 9.14. The zero-order valence-corrected chi connectivity index (χ0v) is 20.2. The van der Waals surface area contributed by atoms with Gasteiger partial charge in [-0.2, -0.15) is 18.3 Å². The van der Waals surface area contributed by atoms with E-state index in [4.69, 9.17) is 0 Å². The van der Waals surface area contributed by atoms with Crippen LogP contribution in [0.4, 0.5) is 33.6 Å². The van der Waals surface area contributed by atoms with Crippen LogP contribution in [-0.2, 0) is 17.5 Å². The van der Waals surface area contributed by atoms with Crippen LogP contribution in [0.5, 0.6) is 0 Å². The molecule has 0 N–H and O–H groups in total. The molecule has 0 aromatic carbocycles. The van der Waals surface area contributed by atoms with Gasteiger partial charge in [-0.3, -0.25) is 9.69 Å². The quantitative estimate of drug-likeness (QED) is 0.467. The number of carbonyl (C=O) groups is 1. The molecule has 5 heterocycles. The molecule has 2 fully saturated rings. The van der Waals surface area contributed by atoms with Crippen molar-refractivity contribution >= 4 is 28.7 Å². The van der Waals surface area contributed by atoms with Crippen LogP contribution in [0.15, 0.2) is 24.7 Å². The fraction of sp³-hybridized carbons (Fsp3) is 0.565. The van der Waals surface area contributed by atoms with Gasteiger partial charge < -0.3 is 4.90 Å². The number of rotatable bonds is 5. The molecule has 0 aliphatic carbocycles. The number of amides is 1. The lowest BCUT2D eigenvalue weighted by Crippen LogP contribution is -2.50. The minimum absolute atomic E-state index is 0.0397. The minimum atomic E-state index is -4.72. The highest BCUT2D eigenvalue weighted by Crippen LogP contribution is 2.50. The summed E-state index contributed by atoms with van der Waals surface area (Å²) in [6, 6.07) is 0.989. The molecule has 2 saturated heterocycles. The van der Waals surface area contributed by atoms with Crippen LogP contribution < -0.4 is 9.80 Å². The summed E-state index contributed by atoms with van der Waals surface area (Å²) in [6.07, 6.45) is -1.94. The van der Waals surface area contributed by atoms with Crippen molar-refractivity contribution in [2.75, 3.05) is 22.9 Å². The number of hydrogen-bond donors (Lipinski definition) is 0. The molecule has 2 aliphatic rings. The van der Waals surface area contributed by atoms with Crippen LogP contribution in [0, 0.1) is 11.3 Å². The van der Waals surface area contributed by atoms with E-state index in [1.807, 2.05) is 18.7 Å². The molecule has 9 nitrogen and oxygen atoms in total. The smallest absolute Gasteiger partial charge is 0.355 e. The van der Waals surface area contributed by atoms with Crippen molar-refractivity contribution in [3.63, 3.8) is 0 Å². The molecule has 1 unspecified atom stereocenters. The molecule has 5 rings (SSSR count). The van der Waals surface area contributed by atoms with Gasteiger partial charge in [0.15, 0.2) is 5.65 Å². The lowest BCUT2D eigenvalue weighted by molar-refractivity contribution is -0.145. The Morgan fingerprint density at radius 1 is 1.08 bits per heavy atom. The number of fused-ring (bicyclic) bond motifs is 1. The van der Waals surface area contributed by atoms with E-state index in [1.165, 1.54) is 17.2 Å². The molecule has 0 radical (unpaired) electrons. The summed E-state index contributed by atoms with van der Waals surface area (Å²) in [5.41, 5.74) is 0.225. The van der Waals surface area contributed by atoms with Gasteiger partial charge in [-0.1, -0.05) is 13.8 Å². The van der Waals surface area contributed by atoms with Crippen molar-refractivity contribution in [2.45, 2.75) is 58.3 Å². The summed E-state index contributed by atoms with van der Waals surface area (Å²) in [5, 5.41) is 3.95. The number of nitrogens with zero attached hydrogens (tertiary/aromatic N) is 8. The van der Waals surface area contributed by atoms with Crippen molar-refractivity contribution in [2.24, 2.45) is 11.3 Å². The molecule has 37 heavy (non-hydrogen) atoms. The minimum Gasteiger partial charge on any atom is -0.355 e. The van der Waals surface area contributed by atoms with Gasteiger partial charge in [0.2, 0.25) is 11.7 Å². The summed E-state index contributed by atoms with van der Waals surface area (Å²) in [4.78, 5) is 32.4.